The molecule has 0 radical (unpaired) electrons. The third-order valence-electron chi connectivity index (χ3n) is 5.08. The number of hydrogen-bond donors (Lipinski definition) is 0. The second kappa shape index (κ2) is 9.60. The molecule has 2 aromatic rings. The molecule has 1 aliphatic rings. The van der Waals surface area contributed by atoms with Crippen molar-refractivity contribution in [3.8, 4) is 0 Å². The van der Waals surface area contributed by atoms with Crippen LogP contribution in [0.15, 0.2) is 54.6 Å². The lowest BCUT2D eigenvalue weighted by Crippen LogP contribution is -2.49. The van der Waals surface area contributed by atoms with E-state index < -0.39 is 0 Å². The van der Waals surface area contributed by atoms with Gasteiger partial charge >= 0.3 is 0 Å². The molecular formula is C22H26ClN3O2. The molecule has 1 aliphatic heterocycles. The number of para-hydroxylation sites is 1. The lowest BCUT2D eigenvalue weighted by molar-refractivity contribution is -0.134. The van der Waals surface area contributed by atoms with Crippen LogP contribution in [0.4, 0.5) is 5.69 Å². The Morgan fingerprint density at radius 1 is 0.964 bits per heavy atom. The number of benzene rings is 2. The number of carbonyl (C=O) groups is 2. The van der Waals surface area contributed by atoms with Gasteiger partial charge in [-0.15, -0.1) is 0 Å². The van der Waals surface area contributed by atoms with E-state index in [9.17, 15) is 9.59 Å². The third kappa shape index (κ3) is 5.49. The van der Waals surface area contributed by atoms with Crippen LogP contribution >= 0.6 is 11.6 Å². The highest BCUT2D eigenvalue weighted by Gasteiger charge is 2.22. The first kappa shape index (κ1) is 20.2. The van der Waals surface area contributed by atoms with Crippen LogP contribution in [0.3, 0.4) is 0 Å². The number of amides is 2. The SMILES string of the molecule is CC(=O)N(CCC(=O)N1CCN(c2ccccc2)CC1)Cc1ccc(Cl)cc1. The van der Waals surface area contributed by atoms with Crippen molar-refractivity contribution < 1.29 is 9.59 Å². The molecule has 0 N–H and O–H groups in total. The summed E-state index contributed by atoms with van der Waals surface area (Å²) >= 11 is 5.91. The van der Waals surface area contributed by atoms with Crippen molar-refractivity contribution in [2.45, 2.75) is 19.9 Å². The first-order valence-electron chi connectivity index (χ1n) is 9.60. The van der Waals surface area contributed by atoms with Gasteiger partial charge in [0.05, 0.1) is 0 Å². The zero-order chi connectivity index (χ0) is 19.9. The van der Waals surface area contributed by atoms with Gasteiger partial charge in [0.25, 0.3) is 0 Å². The summed E-state index contributed by atoms with van der Waals surface area (Å²) in [5.74, 6) is 0.0757. The largest absolute Gasteiger partial charge is 0.368 e. The van der Waals surface area contributed by atoms with E-state index in [0.29, 0.717) is 37.6 Å². The van der Waals surface area contributed by atoms with Crippen molar-refractivity contribution in [1.29, 1.82) is 0 Å². The Bertz CT molecular complexity index is 787. The number of carbonyl (C=O) groups excluding carboxylic acids is 2. The van der Waals surface area contributed by atoms with Crippen LogP contribution in [0, 0.1) is 0 Å². The van der Waals surface area contributed by atoms with Gasteiger partial charge < -0.3 is 14.7 Å². The first-order valence-corrected chi connectivity index (χ1v) is 9.98. The fourth-order valence-electron chi connectivity index (χ4n) is 3.40. The Kier molecular flexibility index (Phi) is 6.93. The van der Waals surface area contributed by atoms with Gasteiger partial charge in [-0.25, -0.2) is 0 Å². The fourth-order valence-corrected chi connectivity index (χ4v) is 3.53. The summed E-state index contributed by atoms with van der Waals surface area (Å²) in [7, 11) is 0. The van der Waals surface area contributed by atoms with Gasteiger partial charge in [-0.05, 0) is 29.8 Å². The van der Waals surface area contributed by atoms with Crippen LogP contribution in [-0.2, 0) is 16.1 Å². The molecule has 3 rings (SSSR count). The van der Waals surface area contributed by atoms with Gasteiger partial charge in [0.1, 0.15) is 0 Å². The van der Waals surface area contributed by atoms with E-state index in [1.54, 1.807) is 11.8 Å². The van der Waals surface area contributed by atoms with Crippen LogP contribution in [-0.4, -0.2) is 54.3 Å². The van der Waals surface area contributed by atoms with E-state index in [0.717, 1.165) is 18.7 Å². The summed E-state index contributed by atoms with van der Waals surface area (Å²) < 4.78 is 0. The van der Waals surface area contributed by atoms with Crippen LogP contribution in [0.2, 0.25) is 5.02 Å². The zero-order valence-corrected chi connectivity index (χ0v) is 16.9. The Hall–Kier alpha value is -2.53. The molecule has 0 aromatic heterocycles. The molecule has 2 aromatic carbocycles. The molecule has 0 bridgehead atoms. The Morgan fingerprint density at radius 2 is 1.61 bits per heavy atom. The molecule has 0 atom stereocenters. The van der Waals surface area contributed by atoms with Crippen molar-refractivity contribution >= 4 is 29.1 Å². The molecule has 0 saturated carbocycles. The lowest BCUT2D eigenvalue weighted by atomic mass is 10.2. The maximum Gasteiger partial charge on any atom is 0.224 e. The van der Waals surface area contributed by atoms with E-state index in [2.05, 4.69) is 17.0 Å². The molecule has 5 nitrogen and oxygen atoms in total. The zero-order valence-electron chi connectivity index (χ0n) is 16.2. The molecule has 148 valence electrons. The van der Waals surface area contributed by atoms with Crippen molar-refractivity contribution in [3.63, 3.8) is 0 Å². The van der Waals surface area contributed by atoms with Gasteiger partial charge in [-0.3, -0.25) is 9.59 Å². The molecule has 2 amide bonds. The summed E-state index contributed by atoms with van der Waals surface area (Å²) in [5.41, 5.74) is 2.20. The Labute approximate surface area is 171 Å². The first-order chi connectivity index (χ1) is 13.5. The molecular weight excluding hydrogens is 374 g/mol. The average molecular weight is 400 g/mol. The van der Waals surface area contributed by atoms with Gasteiger partial charge in [0, 0.05) is 63.3 Å². The molecule has 0 unspecified atom stereocenters. The number of piperazine rings is 1. The van der Waals surface area contributed by atoms with Crippen LogP contribution in [0.1, 0.15) is 18.9 Å². The maximum atomic E-state index is 12.6. The standard InChI is InChI=1S/C22H26ClN3O2/c1-18(27)26(17-19-7-9-20(23)10-8-19)12-11-22(28)25-15-13-24(14-16-25)21-5-3-2-4-6-21/h2-10H,11-17H2,1H3. The molecule has 0 spiro atoms. The van der Waals surface area contributed by atoms with E-state index in [1.165, 1.54) is 5.69 Å². The Balaban J connectivity index is 1.48. The molecule has 1 fully saturated rings. The van der Waals surface area contributed by atoms with Crippen molar-refractivity contribution in [1.82, 2.24) is 9.80 Å². The number of nitrogens with zero attached hydrogens (tertiary/aromatic N) is 3. The maximum absolute atomic E-state index is 12.6. The molecule has 1 saturated heterocycles. The topological polar surface area (TPSA) is 43.9 Å². The van der Waals surface area contributed by atoms with Gasteiger partial charge in [-0.2, -0.15) is 0 Å². The second-order valence-electron chi connectivity index (χ2n) is 7.02. The van der Waals surface area contributed by atoms with Crippen LogP contribution in [0.5, 0.6) is 0 Å². The molecule has 28 heavy (non-hydrogen) atoms. The van der Waals surface area contributed by atoms with E-state index in [-0.39, 0.29) is 11.8 Å². The van der Waals surface area contributed by atoms with Gasteiger partial charge in [0.2, 0.25) is 11.8 Å². The van der Waals surface area contributed by atoms with Crippen molar-refractivity contribution in [2.24, 2.45) is 0 Å². The smallest absolute Gasteiger partial charge is 0.224 e. The quantitative estimate of drug-likeness (QED) is 0.747. The van der Waals surface area contributed by atoms with E-state index >= 15 is 0 Å². The van der Waals surface area contributed by atoms with E-state index in [4.69, 9.17) is 11.6 Å². The molecule has 0 aliphatic carbocycles. The summed E-state index contributed by atoms with van der Waals surface area (Å²) in [6.07, 6.45) is 0.346. The third-order valence-corrected chi connectivity index (χ3v) is 5.33. The fraction of sp³-hybridized carbons (Fsp3) is 0.364. The monoisotopic (exact) mass is 399 g/mol. The normalized spacial score (nSPS) is 14.1. The van der Waals surface area contributed by atoms with Gasteiger partial charge in [-0.1, -0.05) is 41.9 Å². The Morgan fingerprint density at radius 3 is 2.21 bits per heavy atom. The predicted molar refractivity (Wildman–Crippen MR) is 112 cm³/mol. The summed E-state index contributed by atoms with van der Waals surface area (Å²) in [4.78, 5) is 30.5. The van der Waals surface area contributed by atoms with Gasteiger partial charge in [0.15, 0.2) is 0 Å². The number of hydrogen-bond acceptors (Lipinski definition) is 3. The van der Waals surface area contributed by atoms with E-state index in [1.807, 2.05) is 47.4 Å². The molecule has 1 heterocycles. The second-order valence-corrected chi connectivity index (χ2v) is 7.46. The highest BCUT2D eigenvalue weighted by atomic mass is 35.5. The van der Waals surface area contributed by atoms with Crippen LogP contribution in [0.25, 0.3) is 0 Å². The minimum Gasteiger partial charge on any atom is -0.368 e. The summed E-state index contributed by atoms with van der Waals surface area (Å²) in [6, 6.07) is 17.7. The average Bonchev–Trinajstić information content (AvgIpc) is 2.73. The minimum absolute atomic E-state index is 0.0309. The summed E-state index contributed by atoms with van der Waals surface area (Å²) in [6.45, 7) is 5.54. The van der Waals surface area contributed by atoms with Crippen molar-refractivity contribution in [2.75, 3.05) is 37.6 Å². The highest BCUT2D eigenvalue weighted by molar-refractivity contribution is 6.30. The highest BCUT2D eigenvalue weighted by Crippen LogP contribution is 2.16. The summed E-state index contributed by atoms with van der Waals surface area (Å²) in [5, 5.41) is 0.669. The number of rotatable bonds is 6. The van der Waals surface area contributed by atoms with Crippen molar-refractivity contribution in [3.05, 3.63) is 65.2 Å². The molecule has 6 heteroatoms. The number of halogens is 1. The minimum atomic E-state index is -0.0309. The number of anilines is 1. The van der Waals surface area contributed by atoms with Crippen LogP contribution < -0.4 is 4.90 Å². The predicted octanol–water partition coefficient (Wildman–Crippen LogP) is 3.43. The lowest BCUT2D eigenvalue weighted by Gasteiger charge is -2.36.